The van der Waals surface area contributed by atoms with Crippen molar-refractivity contribution in [1.29, 1.82) is 0 Å². The van der Waals surface area contributed by atoms with Crippen LogP contribution in [0.3, 0.4) is 0 Å². The summed E-state index contributed by atoms with van der Waals surface area (Å²) in [6, 6.07) is 0. The minimum atomic E-state index is 0.342. The zero-order valence-electron chi connectivity index (χ0n) is 40.7. The molecule has 6 fully saturated rings. The van der Waals surface area contributed by atoms with Gasteiger partial charge in [-0.1, -0.05) is 0 Å². The number of nitrogens with zero attached hydrogens (tertiary/aromatic N) is 6. The van der Waals surface area contributed by atoms with E-state index in [1.807, 2.05) is 0 Å². The molecular weight excluding hydrogens is 673 g/mol. The van der Waals surface area contributed by atoms with Crippen molar-refractivity contribution in [3.63, 3.8) is 0 Å². The lowest BCUT2D eigenvalue weighted by atomic mass is 9.70. The molecule has 0 amide bonds. The molecule has 6 aliphatic heterocycles. The van der Waals surface area contributed by atoms with Crippen molar-refractivity contribution < 1.29 is 0 Å². The number of hydrogen-bond donors (Lipinski definition) is 0. The molecular formula is C49H98N6. The van der Waals surface area contributed by atoms with Crippen LogP contribution in [-0.2, 0) is 0 Å². The lowest BCUT2D eigenvalue weighted by Crippen LogP contribution is -2.68. The highest BCUT2D eigenvalue weighted by molar-refractivity contribution is 5.04. The molecule has 0 aromatic carbocycles. The molecule has 6 rings (SSSR count). The minimum Gasteiger partial charge on any atom is -0.298 e. The van der Waals surface area contributed by atoms with Gasteiger partial charge in [-0.05, 0) is 252 Å². The average Bonchev–Trinajstić information content (AvgIpc) is 3.02. The molecule has 6 aliphatic rings. The first-order chi connectivity index (χ1) is 24.9. The van der Waals surface area contributed by atoms with Crippen molar-refractivity contribution in [2.24, 2.45) is 16.2 Å². The van der Waals surface area contributed by atoms with Crippen LogP contribution in [0.4, 0.5) is 0 Å². The molecule has 6 nitrogen and oxygen atoms in total. The molecule has 0 atom stereocenters. The lowest BCUT2D eigenvalue weighted by Gasteiger charge is -2.60. The van der Waals surface area contributed by atoms with E-state index in [1.165, 1.54) is 143 Å². The van der Waals surface area contributed by atoms with Gasteiger partial charge in [0, 0.05) is 64.8 Å². The zero-order chi connectivity index (χ0) is 41.5. The van der Waals surface area contributed by atoms with Crippen molar-refractivity contribution in [1.82, 2.24) is 29.4 Å². The minimum absolute atomic E-state index is 0.342. The normalized spacial score (nSPS) is 26.9. The fourth-order valence-electron chi connectivity index (χ4n) is 10.9. The quantitative estimate of drug-likeness (QED) is 0.243. The molecule has 0 aliphatic carbocycles. The molecule has 0 aromatic rings. The smallest absolute Gasteiger partial charge is 0.0125 e. The fraction of sp³-hybridized carbons (Fsp3) is 1.00. The number of hydrogen-bond acceptors (Lipinski definition) is 6. The van der Waals surface area contributed by atoms with Crippen LogP contribution >= 0.6 is 0 Å². The van der Waals surface area contributed by atoms with Crippen molar-refractivity contribution in [2.75, 3.05) is 78.5 Å². The van der Waals surface area contributed by atoms with Crippen molar-refractivity contribution in [3.05, 3.63) is 0 Å². The Bertz CT molecular complexity index is 1130. The first-order valence-corrected chi connectivity index (χ1v) is 23.4. The second kappa shape index (κ2) is 17.0. The van der Waals surface area contributed by atoms with E-state index in [-0.39, 0.29) is 0 Å². The van der Waals surface area contributed by atoms with Gasteiger partial charge in [-0.2, -0.15) is 0 Å². The monoisotopic (exact) mass is 771 g/mol. The molecule has 6 heterocycles. The molecule has 324 valence electrons. The zero-order valence-corrected chi connectivity index (χ0v) is 40.7. The average molecular weight is 771 g/mol. The van der Waals surface area contributed by atoms with E-state index in [9.17, 15) is 0 Å². The highest BCUT2D eigenvalue weighted by atomic mass is 15.3. The third kappa shape index (κ3) is 12.9. The van der Waals surface area contributed by atoms with Crippen LogP contribution in [0, 0.1) is 16.2 Å². The first-order valence-electron chi connectivity index (χ1n) is 23.4. The molecule has 0 N–H and O–H groups in total. The summed E-state index contributed by atoms with van der Waals surface area (Å²) in [6.45, 7) is 58.0. The van der Waals surface area contributed by atoms with Gasteiger partial charge < -0.3 is 0 Å². The highest BCUT2D eigenvalue weighted by Gasteiger charge is 2.50. The maximum Gasteiger partial charge on any atom is 0.0125 e. The first kappa shape index (κ1) is 47.4. The Balaban J connectivity index is 0.000000184. The Labute approximate surface area is 345 Å². The van der Waals surface area contributed by atoms with E-state index < -0.39 is 0 Å². The molecule has 0 unspecified atom stereocenters. The van der Waals surface area contributed by atoms with Crippen molar-refractivity contribution >= 4 is 0 Å². The summed E-state index contributed by atoms with van der Waals surface area (Å²) in [7, 11) is 0. The van der Waals surface area contributed by atoms with E-state index in [2.05, 4.69) is 154 Å². The molecule has 0 aromatic heterocycles. The maximum atomic E-state index is 2.73. The summed E-state index contributed by atoms with van der Waals surface area (Å²) >= 11 is 0. The summed E-state index contributed by atoms with van der Waals surface area (Å²) in [5, 5.41) is 0. The van der Waals surface area contributed by atoms with Gasteiger partial charge in [0.2, 0.25) is 0 Å². The van der Waals surface area contributed by atoms with Gasteiger partial charge in [0.05, 0.1) is 0 Å². The van der Waals surface area contributed by atoms with Crippen LogP contribution in [0.25, 0.3) is 0 Å². The Morgan fingerprint density at radius 3 is 0.764 bits per heavy atom. The SMILES string of the molecule is CC(C)(C)N1CCC2(CC1)CCN(C(C)(C)C)CC2.CC(C)(C)N1CCC2(CCCN(C(C)(C)C)C2)CC1.CC(C)(C)N1CCCC2(C1)CN(C(C)(C)C)C2. The second-order valence-corrected chi connectivity index (χ2v) is 25.9. The summed E-state index contributed by atoms with van der Waals surface area (Å²) in [6.07, 6.45) is 14.1. The second-order valence-electron chi connectivity index (χ2n) is 25.9. The highest BCUT2D eigenvalue weighted by Crippen LogP contribution is 2.46. The van der Waals surface area contributed by atoms with E-state index in [0.717, 1.165) is 0 Å². The fourth-order valence-corrected chi connectivity index (χ4v) is 10.9. The number of likely N-dealkylation sites (tertiary alicyclic amines) is 6. The molecule has 3 spiro atoms. The van der Waals surface area contributed by atoms with Crippen molar-refractivity contribution in [2.45, 2.75) is 222 Å². The number of piperidine rings is 5. The van der Waals surface area contributed by atoms with E-state index in [0.29, 0.717) is 49.5 Å². The van der Waals surface area contributed by atoms with Gasteiger partial charge in [-0.15, -0.1) is 0 Å². The molecule has 0 saturated carbocycles. The van der Waals surface area contributed by atoms with Gasteiger partial charge in [0.15, 0.2) is 0 Å². The van der Waals surface area contributed by atoms with Gasteiger partial charge in [0.25, 0.3) is 0 Å². The summed E-state index contributed by atoms with van der Waals surface area (Å²) in [5.74, 6) is 0. The Morgan fingerprint density at radius 2 is 0.473 bits per heavy atom. The molecule has 6 saturated heterocycles. The van der Waals surface area contributed by atoms with Gasteiger partial charge in [-0.3, -0.25) is 29.4 Å². The van der Waals surface area contributed by atoms with Crippen LogP contribution in [0.2, 0.25) is 0 Å². The largest absolute Gasteiger partial charge is 0.298 e. The van der Waals surface area contributed by atoms with Gasteiger partial charge in [0.1, 0.15) is 0 Å². The molecule has 0 radical (unpaired) electrons. The van der Waals surface area contributed by atoms with E-state index in [4.69, 9.17) is 0 Å². The summed E-state index contributed by atoms with van der Waals surface area (Å²) in [5.41, 5.74) is 4.00. The Hall–Kier alpha value is -0.240. The third-order valence-corrected chi connectivity index (χ3v) is 15.5. The Kier molecular flexibility index (Phi) is 14.7. The molecule has 6 heteroatoms. The molecule has 0 bridgehead atoms. The summed E-state index contributed by atoms with van der Waals surface area (Å²) in [4.78, 5) is 16.1. The standard InChI is InChI=1S/2C17H34N2.C15H30N2/c1-15(2,3)18-11-7-17(8-12-18)9-13-19(14-10-17)16(4,5)6;1-15(2,3)18-12-9-17(10-13-18)8-7-11-19(14-17)16(4,5)6;1-13(2,3)16-9-7-8-15(10-16)11-17(12-15)14(4,5)6/h2*7-14H2,1-6H3;7-12H2,1-6H3. The molecule has 55 heavy (non-hydrogen) atoms. The van der Waals surface area contributed by atoms with E-state index >= 15 is 0 Å². The van der Waals surface area contributed by atoms with Crippen LogP contribution in [0.5, 0.6) is 0 Å². The Morgan fingerprint density at radius 1 is 0.236 bits per heavy atom. The third-order valence-electron chi connectivity index (χ3n) is 15.5. The van der Waals surface area contributed by atoms with Crippen LogP contribution < -0.4 is 0 Å². The van der Waals surface area contributed by atoms with Crippen LogP contribution in [0.15, 0.2) is 0 Å². The number of rotatable bonds is 0. The lowest BCUT2D eigenvalue weighted by molar-refractivity contribution is -0.109. The summed E-state index contributed by atoms with van der Waals surface area (Å²) < 4.78 is 0. The predicted molar refractivity (Wildman–Crippen MR) is 241 cm³/mol. The van der Waals surface area contributed by atoms with Crippen LogP contribution in [-0.4, -0.2) is 141 Å². The van der Waals surface area contributed by atoms with Gasteiger partial charge >= 0.3 is 0 Å². The van der Waals surface area contributed by atoms with E-state index in [1.54, 1.807) is 0 Å². The van der Waals surface area contributed by atoms with Crippen molar-refractivity contribution in [3.8, 4) is 0 Å². The predicted octanol–water partition coefficient (Wildman–Crippen LogP) is 10.5. The van der Waals surface area contributed by atoms with Crippen LogP contribution in [0.1, 0.15) is 189 Å². The van der Waals surface area contributed by atoms with Gasteiger partial charge in [-0.25, -0.2) is 0 Å². The topological polar surface area (TPSA) is 19.4 Å². The maximum absolute atomic E-state index is 2.73.